The lowest BCUT2D eigenvalue weighted by molar-refractivity contribution is 0.0563. The van der Waals surface area contributed by atoms with E-state index in [1.165, 1.54) is 17.7 Å². The first-order valence-corrected chi connectivity index (χ1v) is 8.90. The highest BCUT2D eigenvalue weighted by Crippen LogP contribution is 2.26. The fourth-order valence-corrected chi connectivity index (χ4v) is 2.97. The topological polar surface area (TPSA) is 100 Å². The number of esters is 1. The van der Waals surface area contributed by atoms with Gasteiger partial charge in [0.15, 0.2) is 0 Å². The smallest absolute Gasteiger partial charge is 0.373 e. The Hall–Kier alpha value is -3.65. The Balaban J connectivity index is 1.64. The standard InChI is InChI=1S/C20H14ClN3O5/c1-27-20(26)16-9-8-12(28-16)11-24-10-4-6-14(19(24)25)18-22-17(23-29-18)13-5-2-3-7-15(13)21/h2-10H,11H2,1H3. The van der Waals surface area contributed by atoms with Crippen LogP contribution in [0.25, 0.3) is 22.8 Å². The number of benzene rings is 1. The first-order valence-electron chi connectivity index (χ1n) is 8.52. The number of methoxy groups -OCH3 is 1. The molecule has 0 atom stereocenters. The lowest BCUT2D eigenvalue weighted by atomic mass is 10.2. The second kappa shape index (κ2) is 7.76. The molecule has 0 aliphatic carbocycles. The molecular weight excluding hydrogens is 398 g/mol. The lowest BCUT2D eigenvalue weighted by Crippen LogP contribution is -2.21. The average Bonchev–Trinajstić information content (AvgIpc) is 3.39. The fraction of sp³-hybridized carbons (Fsp3) is 0.100. The van der Waals surface area contributed by atoms with Crippen LogP contribution >= 0.6 is 11.6 Å². The van der Waals surface area contributed by atoms with Crippen molar-refractivity contribution < 1.29 is 18.5 Å². The van der Waals surface area contributed by atoms with Gasteiger partial charge in [-0.1, -0.05) is 28.9 Å². The summed E-state index contributed by atoms with van der Waals surface area (Å²) in [7, 11) is 1.26. The van der Waals surface area contributed by atoms with Crippen molar-refractivity contribution in [2.75, 3.05) is 7.11 Å². The predicted molar refractivity (Wildman–Crippen MR) is 104 cm³/mol. The highest BCUT2D eigenvalue weighted by Gasteiger charge is 2.17. The van der Waals surface area contributed by atoms with Gasteiger partial charge in [-0.3, -0.25) is 4.79 Å². The highest BCUT2D eigenvalue weighted by atomic mass is 35.5. The van der Waals surface area contributed by atoms with Crippen LogP contribution in [-0.2, 0) is 11.3 Å². The van der Waals surface area contributed by atoms with Crippen LogP contribution in [-0.4, -0.2) is 27.8 Å². The number of carbonyl (C=O) groups excluding carboxylic acids is 1. The molecule has 0 aliphatic heterocycles. The molecule has 29 heavy (non-hydrogen) atoms. The van der Waals surface area contributed by atoms with Gasteiger partial charge in [0.25, 0.3) is 11.4 Å². The van der Waals surface area contributed by atoms with Crippen LogP contribution in [0.5, 0.6) is 0 Å². The summed E-state index contributed by atoms with van der Waals surface area (Å²) in [5.74, 6) is 0.262. The van der Waals surface area contributed by atoms with Crippen LogP contribution in [0.3, 0.4) is 0 Å². The molecule has 1 aromatic carbocycles. The van der Waals surface area contributed by atoms with Crippen molar-refractivity contribution in [2.45, 2.75) is 6.54 Å². The van der Waals surface area contributed by atoms with Crippen molar-refractivity contribution in [1.82, 2.24) is 14.7 Å². The van der Waals surface area contributed by atoms with Gasteiger partial charge in [-0.2, -0.15) is 4.98 Å². The lowest BCUT2D eigenvalue weighted by Gasteiger charge is -2.04. The molecule has 3 aromatic heterocycles. The molecule has 8 nitrogen and oxygen atoms in total. The summed E-state index contributed by atoms with van der Waals surface area (Å²) in [6, 6.07) is 13.4. The zero-order chi connectivity index (χ0) is 20.4. The van der Waals surface area contributed by atoms with Gasteiger partial charge in [-0.05, 0) is 36.4 Å². The number of hydrogen-bond acceptors (Lipinski definition) is 7. The van der Waals surface area contributed by atoms with Gasteiger partial charge in [0.1, 0.15) is 11.3 Å². The van der Waals surface area contributed by atoms with Gasteiger partial charge >= 0.3 is 5.97 Å². The summed E-state index contributed by atoms with van der Waals surface area (Å²) in [6.07, 6.45) is 1.59. The third kappa shape index (κ3) is 3.70. The van der Waals surface area contributed by atoms with E-state index in [0.717, 1.165) is 0 Å². The zero-order valence-electron chi connectivity index (χ0n) is 15.2. The summed E-state index contributed by atoms with van der Waals surface area (Å²) in [5, 5.41) is 4.40. The molecular formula is C20H14ClN3O5. The summed E-state index contributed by atoms with van der Waals surface area (Å²) >= 11 is 6.16. The summed E-state index contributed by atoms with van der Waals surface area (Å²) in [6.45, 7) is 0.120. The van der Waals surface area contributed by atoms with Crippen molar-refractivity contribution in [1.29, 1.82) is 0 Å². The Labute approximate surface area is 169 Å². The van der Waals surface area contributed by atoms with Gasteiger partial charge in [0, 0.05) is 11.8 Å². The molecule has 0 radical (unpaired) electrons. The van der Waals surface area contributed by atoms with Crippen LogP contribution < -0.4 is 5.56 Å². The van der Waals surface area contributed by atoms with Crippen LogP contribution in [0.4, 0.5) is 0 Å². The van der Waals surface area contributed by atoms with Crippen molar-refractivity contribution in [2.24, 2.45) is 0 Å². The molecule has 4 aromatic rings. The second-order valence-corrected chi connectivity index (χ2v) is 6.42. The third-order valence-electron chi connectivity index (χ3n) is 4.17. The molecule has 0 unspecified atom stereocenters. The number of rotatable bonds is 5. The van der Waals surface area contributed by atoms with Crippen molar-refractivity contribution in [3.05, 3.63) is 81.6 Å². The molecule has 0 amide bonds. The average molecular weight is 412 g/mol. The van der Waals surface area contributed by atoms with E-state index in [2.05, 4.69) is 14.9 Å². The number of ether oxygens (including phenoxy) is 1. The van der Waals surface area contributed by atoms with Crippen LogP contribution in [0.15, 0.2) is 68.5 Å². The molecule has 0 aliphatic rings. The van der Waals surface area contributed by atoms with Crippen LogP contribution in [0.1, 0.15) is 16.3 Å². The minimum atomic E-state index is -0.588. The summed E-state index contributed by atoms with van der Waals surface area (Å²) in [5.41, 5.74) is 0.488. The van der Waals surface area contributed by atoms with E-state index in [1.807, 2.05) is 0 Å². The summed E-state index contributed by atoms with van der Waals surface area (Å²) < 4.78 is 16.7. The zero-order valence-corrected chi connectivity index (χ0v) is 15.9. The molecule has 0 saturated carbocycles. The first kappa shape index (κ1) is 18.7. The van der Waals surface area contributed by atoms with E-state index in [-0.39, 0.29) is 35.1 Å². The fourth-order valence-electron chi connectivity index (χ4n) is 2.75. The van der Waals surface area contributed by atoms with Gasteiger partial charge in [0.05, 0.1) is 18.7 Å². The number of halogens is 1. The van der Waals surface area contributed by atoms with Crippen LogP contribution in [0.2, 0.25) is 5.02 Å². The Morgan fingerprint density at radius 1 is 1.14 bits per heavy atom. The van der Waals surface area contributed by atoms with E-state index in [9.17, 15) is 9.59 Å². The molecule has 0 fully saturated rings. The minimum absolute atomic E-state index is 0.0630. The Bertz CT molecular complexity index is 1240. The van der Waals surface area contributed by atoms with E-state index >= 15 is 0 Å². The van der Waals surface area contributed by atoms with E-state index in [0.29, 0.717) is 16.3 Å². The second-order valence-electron chi connectivity index (χ2n) is 6.02. The molecule has 0 spiro atoms. The predicted octanol–water partition coefficient (Wildman–Crippen LogP) is 3.65. The Morgan fingerprint density at radius 3 is 2.72 bits per heavy atom. The maximum absolute atomic E-state index is 12.9. The first-order chi connectivity index (χ1) is 14.1. The third-order valence-corrected chi connectivity index (χ3v) is 4.50. The van der Waals surface area contributed by atoms with Gasteiger partial charge in [0.2, 0.25) is 11.6 Å². The van der Waals surface area contributed by atoms with E-state index < -0.39 is 5.97 Å². The monoisotopic (exact) mass is 411 g/mol. The molecule has 146 valence electrons. The minimum Gasteiger partial charge on any atom is -0.463 e. The maximum atomic E-state index is 12.9. The number of carbonyl (C=O) groups is 1. The van der Waals surface area contributed by atoms with Crippen molar-refractivity contribution in [3.8, 4) is 22.8 Å². The number of nitrogens with zero attached hydrogens (tertiary/aromatic N) is 3. The van der Waals surface area contributed by atoms with Gasteiger partial charge in [-0.15, -0.1) is 0 Å². The van der Waals surface area contributed by atoms with Crippen molar-refractivity contribution in [3.63, 3.8) is 0 Å². The molecule has 4 rings (SSSR count). The number of furan rings is 1. The largest absolute Gasteiger partial charge is 0.463 e. The Morgan fingerprint density at radius 2 is 1.93 bits per heavy atom. The SMILES string of the molecule is COC(=O)c1ccc(Cn2cccc(-c3nc(-c4ccccc4Cl)no3)c2=O)o1. The highest BCUT2D eigenvalue weighted by molar-refractivity contribution is 6.33. The molecule has 3 heterocycles. The van der Waals surface area contributed by atoms with Gasteiger partial charge < -0.3 is 18.2 Å². The number of aromatic nitrogens is 3. The normalized spacial score (nSPS) is 10.8. The Kier molecular flexibility index (Phi) is 5.01. The molecule has 0 saturated heterocycles. The van der Waals surface area contributed by atoms with Crippen LogP contribution in [0, 0.1) is 0 Å². The quantitative estimate of drug-likeness (QED) is 0.462. The van der Waals surface area contributed by atoms with E-state index in [4.69, 9.17) is 20.5 Å². The maximum Gasteiger partial charge on any atom is 0.373 e. The molecule has 0 bridgehead atoms. The number of pyridine rings is 1. The number of hydrogen-bond donors (Lipinski definition) is 0. The van der Waals surface area contributed by atoms with Crippen molar-refractivity contribution >= 4 is 17.6 Å². The van der Waals surface area contributed by atoms with E-state index in [1.54, 1.807) is 48.7 Å². The molecule has 0 N–H and O–H groups in total. The molecule has 9 heteroatoms. The summed E-state index contributed by atoms with van der Waals surface area (Å²) in [4.78, 5) is 28.7. The van der Waals surface area contributed by atoms with Gasteiger partial charge in [-0.25, -0.2) is 4.79 Å².